The van der Waals surface area contributed by atoms with Gasteiger partial charge in [0.2, 0.25) is 0 Å². The lowest BCUT2D eigenvalue weighted by Crippen LogP contribution is -2.26. The average Bonchev–Trinajstić information content (AvgIpc) is 2.29. The summed E-state index contributed by atoms with van der Waals surface area (Å²) in [6.07, 6.45) is 0. The van der Waals surface area contributed by atoms with Crippen LogP contribution in [-0.2, 0) is 9.53 Å². The Hall–Kier alpha value is -1.49. The highest BCUT2D eigenvalue weighted by Gasteiger charge is 2.26. The van der Waals surface area contributed by atoms with E-state index < -0.39 is 28.8 Å². The summed E-state index contributed by atoms with van der Waals surface area (Å²) in [7, 11) is 1.07. The first kappa shape index (κ1) is 12.6. The number of alkyl halides is 1. The summed E-state index contributed by atoms with van der Waals surface area (Å²) >= 11 is 5.47. The number of hydrogen-bond donors (Lipinski definition) is 0. The lowest BCUT2D eigenvalue weighted by atomic mass is 10.1. The summed E-state index contributed by atoms with van der Waals surface area (Å²) in [4.78, 5) is 22.4. The maximum absolute atomic E-state index is 12.8. The van der Waals surface area contributed by atoms with Crippen molar-refractivity contribution in [2.24, 2.45) is 0 Å². The molecule has 1 atom stereocenters. The van der Waals surface area contributed by atoms with Gasteiger partial charge < -0.3 is 4.74 Å². The van der Waals surface area contributed by atoms with Gasteiger partial charge in [-0.1, -0.05) is 0 Å². The van der Waals surface area contributed by atoms with Crippen molar-refractivity contribution in [3.05, 3.63) is 35.4 Å². The molecule has 0 fully saturated rings. The Morgan fingerprint density at radius 2 is 1.94 bits per heavy atom. The van der Waals surface area contributed by atoms with E-state index in [0.717, 1.165) is 19.2 Å². The highest BCUT2D eigenvalue weighted by Crippen LogP contribution is 2.13. The molecule has 1 aromatic rings. The number of carbonyl (C=O) groups excluding carboxylic acids is 2. The molecule has 0 aliphatic rings. The van der Waals surface area contributed by atoms with Crippen molar-refractivity contribution >= 4 is 23.4 Å². The highest BCUT2D eigenvalue weighted by molar-refractivity contribution is 6.43. The van der Waals surface area contributed by atoms with Crippen LogP contribution in [0.15, 0.2) is 18.2 Å². The molecule has 6 heteroatoms. The molecule has 0 aliphatic carbocycles. The third kappa shape index (κ3) is 2.55. The molecule has 86 valence electrons. The number of esters is 1. The van der Waals surface area contributed by atoms with Gasteiger partial charge in [-0.3, -0.25) is 4.79 Å². The number of ether oxygens (including phenoxy) is 1. The Bertz CT molecular complexity index is 434. The maximum Gasteiger partial charge on any atom is 0.331 e. The van der Waals surface area contributed by atoms with Crippen LogP contribution in [0.3, 0.4) is 0 Å². The van der Waals surface area contributed by atoms with Gasteiger partial charge in [-0.05, 0) is 18.2 Å². The zero-order valence-electron chi connectivity index (χ0n) is 8.17. The molecule has 0 amide bonds. The predicted octanol–water partition coefficient (Wildman–Crippen LogP) is 1.93. The van der Waals surface area contributed by atoms with E-state index in [0.29, 0.717) is 6.07 Å². The molecule has 16 heavy (non-hydrogen) atoms. The SMILES string of the molecule is COC(=O)C(Cl)C(=O)c1ccc(F)c(F)c1. The van der Waals surface area contributed by atoms with Crippen LogP contribution in [0, 0.1) is 11.6 Å². The van der Waals surface area contributed by atoms with Gasteiger partial charge in [-0.2, -0.15) is 0 Å². The molecule has 0 aliphatic heterocycles. The minimum Gasteiger partial charge on any atom is -0.468 e. The fraction of sp³-hybridized carbons (Fsp3) is 0.200. The zero-order valence-corrected chi connectivity index (χ0v) is 8.92. The van der Waals surface area contributed by atoms with Crippen LogP contribution in [0.2, 0.25) is 0 Å². The van der Waals surface area contributed by atoms with Crippen LogP contribution in [0.4, 0.5) is 8.78 Å². The third-order valence-corrected chi connectivity index (χ3v) is 2.22. The smallest absolute Gasteiger partial charge is 0.331 e. The zero-order chi connectivity index (χ0) is 12.3. The Labute approximate surface area is 95.0 Å². The van der Waals surface area contributed by atoms with Gasteiger partial charge in [0.15, 0.2) is 22.8 Å². The molecule has 0 saturated carbocycles. The fourth-order valence-corrected chi connectivity index (χ4v) is 1.22. The second-order valence-corrected chi connectivity index (χ2v) is 3.32. The second kappa shape index (κ2) is 5.03. The molecule has 0 N–H and O–H groups in total. The molecule has 0 saturated heterocycles. The summed E-state index contributed by atoms with van der Waals surface area (Å²) < 4.78 is 29.6. The van der Waals surface area contributed by atoms with Crippen LogP contribution >= 0.6 is 11.6 Å². The normalized spacial score (nSPS) is 12.0. The average molecular weight is 249 g/mol. The van der Waals surface area contributed by atoms with Gasteiger partial charge in [0, 0.05) is 5.56 Å². The number of ketones is 1. The standard InChI is InChI=1S/C10H7ClF2O3/c1-16-10(15)8(11)9(14)5-2-3-6(12)7(13)4-5/h2-4,8H,1H3. The predicted molar refractivity (Wildman–Crippen MR) is 52.3 cm³/mol. The van der Waals surface area contributed by atoms with Gasteiger partial charge in [0.05, 0.1) is 7.11 Å². The van der Waals surface area contributed by atoms with E-state index in [2.05, 4.69) is 4.74 Å². The number of benzene rings is 1. The minimum atomic E-state index is -1.56. The monoisotopic (exact) mass is 248 g/mol. The highest BCUT2D eigenvalue weighted by atomic mass is 35.5. The molecular weight excluding hydrogens is 242 g/mol. The lowest BCUT2D eigenvalue weighted by molar-refractivity contribution is -0.139. The molecule has 3 nitrogen and oxygen atoms in total. The van der Waals surface area contributed by atoms with Crippen LogP contribution in [0.1, 0.15) is 10.4 Å². The van der Waals surface area contributed by atoms with Crippen molar-refractivity contribution < 1.29 is 23.1 Å². The summed E-state index contributed by atoms with van der Waals surface area (Å²) in [5, 5.41) is -1.56. The molecule has 0 aromatic heterocycles. The maximum atomic E-state index is 12.8. The van der Waals surface area contributed by atoms with Gasteiger partial charge >= 0.3 is 5.97 Å². The Balaban J connectivity index is 2.97. The molecule has 1 rings (SSSR count). The van der Waals surface area contributed by atoms with Crippen LogP contribution in [-0.4, -0.2) is 24.2 Å². The van der Waals surface area contributed by atoms with Crippen molar-refractivity contribution in [1.82, 2.24) is 0 Å². The second-order valence-electron chi connectivity index (χ2n) is 2.88. The van der Waals surface area contributed by atoms with Gasteiger partial charge in [-0.15, -0.1) is 11.6 Å². The molecule has 0 bridgehead atoms. The summed E-state index contributed by atoms with van der Waals surface area (Å²) in [6, 6.07) is 2.50. The topological polar surface area (TPSA) is 43.4 Å². The van der Waals surface area contributed by atoms with Crippen molar-refractivity contribution in [2.75, 3.05) is 7.11 Å². The molecule has 0 radical (unpaired) electrons. The number of Topliss-reactive ketones (excluding diaryl/α,β-unsaturated/α-hetero) is 1. The molecule has 1 unspecified atom stereocenters. The lowest BCUT2D eigenvalue weighted by Gasteiger charge is -2.06. The van der Waals surface area contributed by atoms with Crippen LogP contribution < -0.4 is 0 Å². The van der Waals surface area contributed by atoms with E-state index >= 15 is 0 Å². The van der Waals surface area contributed by atoms with Crippen molar-refractivity contribution in [1.29, 1.82) is 0 Å². The Kier molecular flexibility index (Phi) is 3.95. The molecule has 0 spiro atoms. The summed E-state index contributed by atoms with van der Waals surface area (Å²) in [5.41, 5.74) is -0.190. The first-order valence-electron chi connectivity index (χ1n) is 4.18. The number of halogens is 3. The van der Waals surface area contributed by atoms with E-state index in [1.54, 1.807) is 0 Å². The van der Waals surface area contributed by atoms with Crippen LogP contribution in [0.5, 0.6) is 0 Å². The number of methoxy groups -OCH3 is 1. The fourth-order valence-electron chi connectivity index (χ4n) is 1.01. The van der Waals surface area contributed by atoms with Crippen molar-refractivity contribution in [3.8, 4) is 0 Å². The summed E-state index contributed by atoms with van der Waals surface area (Å²) in [5.74, 6) is -4.05. The first-order valence-corrected chi connectivity index (χ1v) is 4.62. The van der Waals surface area contributed by atoms with Crippen LogP contribution in [0.25, 0.3) is 0 Å². The van der Waals surface area contributed by atoms with E-state index in [9.17, 15) is 18.4 Å². The van der Waals surface area contributed by atoms with E-state index in [4.69, 9.17) is 11.6 Å². The van der Waals surface area contributed by atoms with E-state index in [-0.39, 0.29) is 5.56 Å². The Morgan fingerprint density at radius 1 is 1.31 bits per heavy atom. The van der Waals surface area contributed by atoms with Crippen molar-refractivity contribution in [2.45, 2.75) is 5.38 Å². The van der Waals surface area contributed by atoms with E-state index in [1.807, 2.05) is 0 Å². The molecule has 0 heterocycles. The summed E-state index contributed by atoms with van der Waals surface area (Å²) in [6.45, 7) is 0. The van der Waals surface area contributed by atoms with Crippen molar-refractivity contribution in [3.63, 3.8) is 0 Å². The first-order chi connectivity index (χ1) is 7.47. The quantitative estimate of drug-likeness (QED) is 0.355. The van der Waals surface area contributed by atoms with Gasteiger partial charge in [-0.25, -0.2) is 13.6 Å². The number of carbonyl (C=O) groups is 2. The number of rotatable bonds is 3. The minimum absolute atomic E-state index is 0.190. The largest absolute Gasteiger partial charge is 0.468 e. The third-order valence-electron chi connectivity index (χ3n) is 1.84. The van der Waals surface area contributed by atoms with Gasteiger partial charge in [0.25, 0.3) is 0 Å². The van der Waals surface area contributed by atoms with E-state index in [1.165, 1.54) is 0 Å². The molecular formula is C10H7ClF2O3. The Morgan fingerprint density at radius 3 is 2.44 bits per heavy atom. The molecule has 1 aromatic carbocycles. The number of hydrogen-bond acceptors (Lipinski definition) is 3. The van der Waals surface area contributed by atoms with Gasteiger partial charge in [0.1, 0.15) is 0 Å².